The molecule has 7 nitrogen and oxygen atoms in total. The van der Waals surface area contributed by atoms with Crippen molar-refractivity contribution in [3.63, 3.8) is 0 Å². The normalized spacial score (nSPS) is 25.9. The number of piperidine rings is 1. The molecule has 0 bridgehead atoms. The first-order chi connectivity index (χ1) is 13.1. The Morgan fingerprint density at radius 2 is 2.15 bits per heavy atom. The van der Waals surface area contributed by atoms with Gasteiger partial charge in [-0.1, -0.05) is 12.1 Å². The van der Waals surface area contributed by atoms with Crippen LogP contribution in [0.1, 0.15) is 34.3 Å². The number of hydrogen-bond donors (Lipinski definition) is 3. The summed E-state index contributed by atoms with van der Waals surface area (Å²) >= 11 is 1.95. The lowest BCUT2D eigenvalue weighted by molar-refractivity contribution is -0.136. The maximum absolute atomic E-state index is 12.9. The molecule has 4 rings (SSSR count). The highest BCUT2D eigenvalue weighted by molar-refractivity contribution is 7.99. The van der Waals surface area contributed by atoms with Crippen LogP contribution >= 0.6 is 11.8 Å². The van der Waals surface area contributed by atoms with Crippen molar-refractivity contribution in [2.24, 2.45) is 0 Å². The fraction of sp³-hybridized carbons (Fsp3) is 0.526. The van der Waals surface area contributed by atoms with E-state index in [1.807, 2.05) is 30.0 Å². The van der Waals surface area contributed by atoms with Crippen LogP contribution in [0.4, 0.5) is 0 Å². The number of imide groups is 1. The average Bonchev–Trinajstić information content (AvgIpc) is 2.84. The first-order valence-corrected chi connectivity index (χ1v) is 10.6. The summed E-state index contributed by atoms with van der Waals surface area (Å²) in [4.78, 5) is 38.1. The Hall–Kier alpha value is -1.90. The number of amides is 3. The Morgan fingerprint density at radius 3 is 3.00 bits per heavy atom. The molecular weight excluding hydrogens is 364 g/mol. The molecule has 2 atom stereocenters. The minimum Gasteiger partial charge on any atom is -0.322 e. The summed E-state index contributed by atoms with van der Waals surface area (Å²) < 4.78 is 0. The summed E-state index contributed by atoms with van der Waals surface area (Å²) in [5.41, 5.74) is 2.77. The number of nitrogens with one attached hydrogen (secondary N) is 3. The quantitative estimate of drug-likeness (QED) is 0.641. The lowest BCUT2D eigenvalue weighted by Crippen LogP contribution is -2.52. The number of thioether (sulfide) groups is 1. The molecule has 8 heteroatoms. The van der Waals surface area contributed by atoms with Gasteiger partial charge in [0.25, 0.3) is 5.91 Å². The second-order valence-electron chi connectivity index (χ2n) is 7.20. The molecule has 2 unspecified atom stereocenters. The van der Waals surface area contributed by atoms with Gasteiger partial charge in [0.15, 0.2) is 0 Å². The van der Waals surface area contributed by atoms with Gasteiger partial charge >= 0.3 is 0 Å². The minimum atomic E-state index is -0.564. The summed E-state index contributed by atoms with van der Waals surface area (Å²) in [7, 11) is 0. The number of fused-ring (bicyclic) bond motifs is 1. The first-order valence-electron chi connectivity index (χ1n) is 9.41. The summed E-state index contributed by atoms with van der Waals surface area (Å²) in [5, 5.41) is 9.38. The van der Waals surface area contributed by atoms with Gasteiger partial charge < -0.3 is 15.5 Å². The third-order valence-electron chi connectivity index (χ3n) is 5.39. The molecule has 2 fully saturated rings. The van der Waals surface area contributed by atoms with E-state index in [1.54, 1.807) is 4.90 Å². The van der Waals surface area contributed by atoms with E-state index in [9.17, 15) is 14.4 Å². The summed E-state index contributed by atoms with van der Waals surface area (Å²) in [6.07, 6.45) is 0.667. The van der Waals surface area contributed by atoms with Gasteiger partial charge in [-0.3, -0.25) is 19.7 Å². The molecule has 0 saturated carbocycles. The van der Waals surface area contributed by atoms with Crippen LogP contribution in [0.2, 0.25) is 0 Å². The van der Waals surface area contributed by atoms with Crippen molar-refractivity contribution in [2.75, 3.05) is 24.6 Å². The zero-order valence-electron chi connectivity index (χ0n) is 15.1. The topological polar surface area (TPSA) is 90.5 Å². The van der Waals surface area contributed by atoms with E-state index in [0.717, 1.165) is 35.7 Å². The molecule has 1 aromatic carbocycles. The van der Waals surface area contributed by atoms with Crippen molar-refractivity contribution in [1.82, 2.24) is 20.9 Å². The van der Waals surface area contributed by atoms with Gasteiger partial charge in [-0.05, 0) is 23.6 Å². The molecule has 0 radical (unpaired) electrons. The number of carbonyl (C=O) groups is 3. The Morgan fingerprint density at radius 1 is 1.26 bits per heavy atom. The molecule has 3 heterocycles. The Kier molecular flexibility index (Phi) is 5.47. The summed E-state index contributed by atoms with van der Waals surface area (Å²) in [6.45, 7) is 3.12. The van der Waals surface area contributed by atoms with Crippen molar-refractivity contribution < 1.29 is 14.4 Å². The molecule has 0 aliphatic carbocycles. The van der Waals surface area contributed by atoms with Crippen molar-refractivity contribution in [3.05, 3.63) is 34.9 Å². The standard InChI is InChI=1S/C19H24N4O3S/c24-17-5-4-16(18(25)22-17)23-10-15-12(2-1-3-14(15)19(23)26)8-21-13-9-20-6-7-27-11-13/h1-3,13,16,20-21H,4-11H2,(H,22,24,25). The molecule has 27 heavy (non-hydrogen) atoms. The highest BCUT2D eigenvalue weighted by Crippen LogP contribution is 2.29. The monoisotopic (exact) mass is 388 g/mol. The predicted molar refractivity (Wildman–Crippen MR) is 103 cm³/mol. The molecule has 3 N–H and O–H groups in total. The van der Waals surface area contributed by atoms with Crippen LogP contribution in [0.5, 0.6) is 0 Å². The zero-order chi connectivity index (χ0) is 18.8. The van der Waals surface area contributed by atoms with Crippen LogP contribution in [0.3, 0.4) is 0 Å². The second-order valence-corrected chi connectivity index (χ2v) is 8.35. The van der Waals surface area contributed by atoms with Crippen LogP contribution < -0.4 is 16.0 Å². The van der Waals surface area contributed by atoms with E-state index in [2.05, 4.69) is 16.0 Å². The van der Waals surface area contributed by atoms with Gasteiger partial charge in [-0.2, -0.15) is 11.8 Å². The van der Waals surface area contributed by atoms with Gasteiger partial charge in [0.05, 0.1) is 0 Å². The van der Waals surface area contributed by atoms with E-state index in [4.69, 9.17) is 0 Å². The molecule has 2 saturated heterocycles. The van der Waals surface area contributed by atoms with Gasteiger partial charge in [0.1, 0.15) is 6.04 Å². The molecule has 1 aromatic rings. The van der Waals surface area contributed by atoms with Crippen molar-refractivity contribution >= 4 is 29.5 Å². The zero-order valence-corrected chi connectivity index (χ0v) is 15.9. The molecule has 144 valence electrons. The van der Waals surface area contributed by atoms with Crippen molar-refractivity contribution in [1.29, 1.82) is 0 Å². The number of hydrogen-bond acceptors (Lipinski definition) is 6. The average molecular weight is 388 g/mol. The number of benzene rings is 1. The molecule has 3 aliphatic heterocycles. The molecule has 0 aromatic heterocycles. The van der Waals surface area contributed by atoms with E-state index < -0.39 is 6.04 Å². The van der Waals surface area contributed by atoms with E-state index in [-0.39, 0.29) is 24.1 Å². The van der Waals surface area contributed by atoms with Gasteiger partial charge in [0, 0.05) is 55.7 Å². The molecular formula is C19H24N4O3S. The lowest BCUT2D eigenvalue weighted by atomic mass is 10.0. The number of rotatable bonds is 4. The molecule has 0 spiro atoms. The number of carbonyl (C=O) groups excluding carboxylic acids is 3. The van der Waals surface area contributed by atoms with E-state index in [0.29, 0.717) is 31.1 Å². The second kappa shape index (κ2) is 8.00. The van der Waals surface area contributed by atoms with Gasteiger partial charge in [0.2, 0.25) is 11.8 Å². The maximum Gasteiger partial charge on any atom is 0.255 e. The Balaban J connectivity index is 1.47. The maximum atomic E-state index is 12.9. The van der Waals surface area contributed by atoms with Crippen LogP contribution in [-0.2, 0) is 22.7 Å². The first kappa shape index (κ1) is 18.5. The highest BCUT2D eigenvalue weighted by Gasteiger charge is 2.39. The highest BCUT2D eigenvalue weighted by atomic mass is 32.2. The minimum absolute atomic E-state index is 0.118. The molecule has 3 aliphatic rings. The largest absolute Gasteiger partial charge is 0.322 e. The van der Waals surface area contributed by atoms with Gasteiger partial charge in [-0.25, -0.2) is 0 Å². The summed E-state index contributed by atoms with van der Waals surface area (Å²) in [5.74, 6) is 1.46. The van der Waals surface area contributed by atoms with Crippen LogP contribution in [0.25, 0.3) is 0 Å². The Labute approximate surface area is 162 Å². The number of nitrogens with zero attached hydrogens (tertiary/aromatic N) is 1. The fourth-order valence-corrected chi connectivity index (χ4v) is 4.88. The third kappa shape index (κ3) is 3.88. The summed E-state index contributed by atoms with van der Waals surface area (Å²) in [6, 6.07) is 5.62. The fourth-order valence-electron chi connectivity index (χ4n) is 3.91. The third-order valence-corrected chi connectivity index (χ3v) is 6.52. The Bertz CT molecular complexity index is 761. The van der Waals surface area contributed by atoms with Crippen LogP contribution in [0.15, 0.2) is 18.2 Å². The van der Waals surface area contributed by atoms with E-state index >= 15 is 0 Å². The SMILES string of the molecule is O=C1CCC(N2Cc3c(CNC4CNCCSC4)cccc3C2=O)C(=O)N1. The van der Waals surface area contributed by atoms with E-state index in [1.165, 1.54) is 0 Å². The predicted octanol–water partition coefficient (Wildman–Crippen LogP) is 0.242. The van der Waals surface area contributed by atoms with Crippen molar-refractivity contribution in [2.45, 2.75) is 38.0 Å². The van der Waals surface area contributed by atoms with Crippen LogP contribution in [-0.4, -0.2) is 59.3 Å². The lowest BCUT2D eigenvalue weighted by Gasteiger charge is -2.29. The van der Waals surface area contributed by atoms with Crippen molar-refractivity contribution in [3.8, 4) is 0 Å². The van der Waals surface area contributed by atoms with Crippen LogP contribution in [0, 0.1) is 0 Å². The smallest absolute Gasteiger partial charge is 0.255 e. The van der Waals surface area contributed by atoms with Gasteiger partial charge in [-0.15, -0.1) is 0 Å². The molecule has 3 amide bonds.